The molecule has 0 saturated heterocycles. The minimum atomic E-state index is -0.374. The molecule has 0 fully saturated rings. The van der Waals surface area contributed by atoms with Gasteiger partial charge in [0, 0.05) is 22.8 Å². The summed E-state index contributed by atoms with van der Waals surface area (Å²) in [6, 6.07) is 5.43. The minimum absolute atomic E-state index is 0. The van der Waals surface area contributed by atoms with Crippen molar-refractivity contribution < 1.29 is 14.3 Å². The molecule has 1 aromatic carbocycles. The van der Waals surface area contributed by atoms with E-state index in [0.29, 0.717) is 12.3 Å². The van der Waals surface area contributed by atoms with Gasteiger partial charge in [0.2, 0.25) is 11.8 Å². The van der Waals surface area contributed by atoms with Crippen LogP contribution in [0.25, 0.3) is 0 Å². The summed E-state index contributed by atoms with van der Waals surface area (Å²) in [4.78, 5) is 22.6. The Balaban J connectivity index is 0.00000361. The van der Waals surface area contributed by atoms with Gasteiger partial charge >= 0.3 is 0 Å². The molecule has 112 valence electrons. The molecule has 1 rings (SSSR count). The van der Waals surface area contributed by atoms with Crippen LogP contribution in [0.5, 0.6) is 0 Å². The molecule has 4 N–H and O–H groups in total. The van der Waals surface area contributed by atoms with Gasteiger partial charge in [-0.25, -0.2) is 0 Å². The summed E-state index contributed by atoms with van der Waals surface area (Å²) in [5.41, 5.74) is 6.61. The third-order valence-electron chi connectivity index (χ3n) is 2.31. The number of nitrogens with one attached hydrogen (secondary N) is 2. The van der Waals surface area contributed by atoms with Gasteiger partial charge in [0.25, 0.3) is 0 Å². The van der Waals surface area contributed by atoms with E-state index in [9.17, 15) is 9.59 Å². The number of amides is 2. The predicted molar refractivity (Wildman–Crippen MR) is 82.8 cm³/mol. The fourth-order valence-corrected chi connectivity index (χ4v) is 1.89. The standard InChI is InChI=1S/C12H16BrN3O3.ClH/c1-19-7-8-9(13)3-2-4-10(8)16-12(18)6-15-11(17)5-14;/h2-4H,5-7,14H2,1H3,(H,15,17)(H,16,18);1H. The molecule has 0 heterocycles. The van der Waals surface area contributed by atoms with Crippen LogP contribution in [-0.4, -0.2) is 32.0 Å². The lowest BCUT2D eigenvalue weighted by Gasteiger charge is -2.12. The van der Waals surface area contributed by atoms with Gasteiger partial charge in [-0.15, -0.1) is 12.4 Å². The molecular weight excluding hydrogens is 350 g/mol. The third kappa shape index (κ3) is 5.87. The summed E-state index contributed by atoms with van der Waals surface area (Å²) >= 11 is 3.39. The molecule has 0 atom stereocenters. The van der Waals surface area contributed by atoms with E-state index in [1.165, 1.54) is 0 Å². The van der Waals surface area contributed by atoms with Crippen molar-refractivity contribution in [2.45, 2.75) is 6.61 Å². The number of hydrogen-bond donors (Lipinski definition) is 3. The molecule has 2 amide bonds. The van der Waals surface area contributed by atoms with Gasteiger partial charge < -0.3 is 21.1 Å². The van der Waals surface area contributed by atoms with Crippen molar-refractivity contribution in [1.29, 1.82) is 0 Å². The zero-order chi connectivity index (χ0) is 14.3. The largest absolute Gasteiger partial charge is 0.380 e. The van der Waals surface area contributed by atoms with Crippen molar-refractivity contribution in [3.05, 3.63) is 28.2 Å². The molecule has 0 aliphatic rings. The van der Waals surface area contributed by atoms with Gasteiger partial charge in [-0.3, -0.25) is 9.59 Å². The topological polar surface area (TPSA) is 93.5 Å². The summed E-state index contributed by atoms with van der Waals surface area (Å²) < 4.78 is 5.92. The second kappa shape index (κ2) is 9.71. The molecule has 0 spiro atoms. The molecule has 0 aliphatic carbocycles. The molecule has 0 radical (unpaired) electrons. The molecule has 6 nitrogen and oxygen atoms in total. The van der Waals surface area contributed by atoms with Crippen molar-refractivity contribution in [3.8, 4) is 0 Å². The number of anilines is 1. The van der Waals surface area contributed by atoms with Crippen LogP contribution < -0.4 is 16.4 Å². The third-order valence-corrected chi connectivity index (χ3v) is 3.06. The Labute approximate surface area is 132 Å². The van der Waals surface area contributed by atoms with Crippen LogP contribution in [0.4, 0.5) is 5.69 Å². The number of carbonyl (C=O) groups is 2. The van der Waals surface area contributed by atoms with Crippen molar-refractivity contribution in [2.24, 2.45) is 5.73 Å². The Bertz CT molecular complexity index is 471. The van der Waals surface area contributed by atoms with Gasteiger partial charge in [-0.2, -0.15) is 0 Å². The maximum Gasteiger partial charge on any atom is 0.243 e. The Morgan fingerprint density at radius 2 is 2.05 bits per heavy atom. The number of methoxy groups -OCH3 is 1. The molecule has 0 aromatic heterocycles. The number of hydrogen-bond acceptors (Lipinski definition) is 4. The zero-order valence-electron chi connectivity index (χ0n) is 10.9. The van der Waals surface area contributed by atoms with Crippen molar-refractivity contribution in [3.63, 3.8) is 0 Å². The second-order valence-corrected chi connectivity index (χ2v) is 4.58. The lowest BCUT2D eigenvalue weighted by Crippen LogP contribution is -2.36. The van der Waals surface area contributed by atoms with Crippen molar-refractivity contribution in [1.82, 2.24) is 5.32 Å². The van der Waals surface area contributed by atoms with Crippen LogP contribution in [-0.2, 0) is 20.9 Å². The maximum absolute atomic E-state index is 11.7. The molecule has 0 saturated carbocycles. The highest BCUT2D eigenvalue weighted by atomic mass is 79.9. The molecule has 1 aromatic rings. The van der Waals surface area contributed by atoms with Gasteiger partial charge in [-0.05, 0) is 12.1 Å². The van der Waals surface area contributed by atoms with Crippen LogP contribution >= 0.6 is 28.3 Å². The van der Waals surface area contributed by atoms with Crippen molar-refractivity contribution >= 4 is 45.8 Å². The van der Waals surface area contributed by atoms with E-state index < -0.39 is 0 Å². The number of carbonyl (C=O) groups excluding carboxylic acids is 2. The monoisotopic (exact) mass is 365 g/mol. The number of ether oxygens (including phenoxy) is 1. The van der Waals surface area contributed by atoms with E-state index in [-0.39, 0.29) is 37.3 Å². The summed E-state index contributed by atoms with van der Waals surface area (Å²) in [5, 5.41) is 5.11. The fourth-order valence-electron chi connectivity index (χ4n) is 1.41. The highest BCUT2D eigenvalue weighted by Gasteiger charge is 2.10. The van der Waals surface area contributed by atoms with E-state index in [1.807, 2.05) is 6.07 Å². The highest BCUT2D eigenvalue weighted by Crippen LogP contribution is 2.25. The smallest absolute Gasteiger partial charge is 0.243 e. The number of halogens is 2. The first kappa shape index (κ1) is 18.9. The first-order valence-corrected chi connectivity index (χ1v) is 6.40. The lowest BCUT2D eigenvalue weighted by atomic mass is 10.2. The summed E-state index contributed by atoms with van der Waals surface area (Å²) in [6.45, 7) is 0.111. The van der Waals surface area contributed by atoms with Crippen LogP contribution in [0.1, 0.15) is 5.56 Å². The lowest BCUT2D eigenvalue weighted by molar-refractivity contribution is -0.123. The van der Waals surface area contributed by atoms with Crippen LogP contribution in [0, 0.1) is 0 Å². The summed E-state index contributed by atoms with van der Waals surface area (Å²) in [6.07, 6.45) is 0. The molecule has 0 unspecified atom stereocenters. The Morgan fingerprint density at radius 1 is 1.35 bits per heavy atom. The van der Waals surface area contributed by atoms with Crippen molar-refractivity contribution in [2.75, 3.05) is 25.5 Å². The van der Waals surface area contributed by atoms with E-state index in [0.717, 1.165) is 10.0 Å². The molecule has 8 heteroatoms. The summed E-state index contributed by atoms with van der Waals surface area (Å²) in [5.74, 6) is -0.696. The molecule has 0 bridgehead atoms. The van der Waals surface area contributed by atoms with Gasteiger partial charge in [0.15, 0.2) is 0 Å². The Kier molecular flexibility index (Phi) is 9.15. The minimum Gasteiger partial charge on any atom is -0.380 e. The van der Waals surface area contributed by atoms with E-state index in [1.54, 1.807) is 19.2 Å². The first-order chi connectivity index (χ1) is 9.08. The van der Waals surface area contributed by atoms with Crippen LogP contribution in [0.15, 0.2) is 22.7 Å². The second-order valence-electron chi connectivity index (χ2n) is 3.73. The van der Waals surface area contributed by atoms with Crippen LogP contribution in [0.2, 0.25) is 0 Å². The molecule has 0 aliphatic heterocycles. The average molecular weight is 367 g/mol. The SMILES string of the molecule is COCc1c(Br)cccc1NC(=O)CNC(=O)CN.Cl. The maximum atomic E-state index is 11.7. The normalized spacial score (nSPS) is 9.55. The van der Waals surface area contributed by atoms with E-state index in [4.69, 9.17) is 10.5 Å². The highest BCUT2D eigenvalue weighted by molar-refractivity contribution is 9.10. The quantitative estimate of drug-likeness (QED) is 0.701. The van der Waals surface area contributed by atoms with E-state index >= 15 is 0 Å². The zero-order valence-corrected chi connectivity index (χ0v) is 13.3. The summed E-state index contributed by atoms with van der Waals surface area (Å²) in [7, 11) is 1.58. The Morgan fingerprint density at radius 3 is 2.65 bits per heavy atom. The molecule has 20 heavy (non-hydrogen) atoms. The molecular formula is C12H17BrClN3O3. The number of benzene rings is 1. The van der Waals surface area contributed by atoms with E-state index in [2.05, 4.69) is 26.6 Å². The van der Waals surface area contributed by atoms with Gasteiger partial charge in [-0.1, -0.05) is 22.0 Å². The fraction of sp³-hybridized carbons (Fsp3) is 0.333. The first-order valence-electron chi connectivity index (χ1n) is 5.61. The average Bonchev–Trinajstić information content (AvgIpc) is 2.40. The van der Waals surface area contributed by atoms with Gasteiger partial charge in [0.05, 0.1) is 19.7 Å². The number of nitrogens with two attached hydrogens (primary N) is 1. The predicted octanol–water partition coefficient (Wildman–Crippen LogP) is 1.03. The van der Waals surface area contributed by atoms with Crippen LogP contribution in [0.3, 0.4) is 0 Å². The Hall–Kier alpha value is -1.15. The number of rotatable bonds is 6. The van der Waals surface area contributed by atoms with Gasteiger partial charge in [0.1, 0.15) is 0 Å².